The van der Waals surface area contributed by atoms with E-state index >= 15 is 0 Å². The average Bonchev–Trinajstić information content (AvgIpc) is 2.36. The zero-order valence-electron chi connectivity index (χ0n) is 11.4. The van der Waals surface area contributed by atoms with Gasteiger partial charge in [-0.2, -0.15) is 0 Å². The van der Waals surface area contributed by atoms with Crippen molar-refractivity contribution in [1.29, 1.82) is 0 Å². The van der Waals surface area contributed by atoms with Gasteiger partial charge < -0.3 is 10.4 Å². The van der Waals surface area contributed by atoms with Gasteiger partial charge in [0.1, 0.15) is 0 Å². The van der Waals surface area contributed by atoms with Gasteiger partial charge in [0.2, 0.25) is 0 Å². The van der Waals surface area contributed by atoms with Crippen LogP contribution < -0.4 is 5.32 Å². The van der Waals surface area contributed by atoms with E-state index in [2.05, 4.69) is 5.32 Å². The molecule has 108 valence electrons. The fraction of sp³-hybridized carbons (Fsp3) is 0.385. The number of nitro groups is 1. The molecular weight excluding hydrogens is 264 g/mol. The summed E-state index contributed by atoms with van der Waals surface area (Å²) in [5, 5.41) is 22.5. The number of nitrogens with one attached hydrogen (secondary N) is 1. The Bertz CT molecular complexity index is 548. The van der Waals surface area contributed by atoms with Crippen molar-refractivity contribution in [2.24, 2.45) is 5.41 Å². The Balaban J connectivity index is 2.83. The van der Waals surface area contributed by atoms with Crippen molar-refractivity contribution < 1.29 is 19.6 Å². The molecule has 7 heteroatoms. The molecule has 0 saturated heterocycles. The van der Waals surface area contributed by atoms with E-state index in [1.807, 2.05) is 0 Å². The van der Waals surface area contributed by atoms with Crippen LogP contribution in [0.3, 0.4) is 0 Å². The molecule has 1 aromatic carbocycles. The Morgan fingerprint density at radius 2 is 1.95 bits per heavy atom. The fourth-order valence-electron chi connectivity index (χ4n) is 1.44. The molecular formula is C13H16N2O5. The van der Waals surface area contributed by atoms with Gasteiger partial charge in [0.05, 0.1) is 4.92 Å². The van der Waals surface area contributed by atoms with Crippen LogP contribution in [0, 0.1) is 15.5 Å². The lowest BCUT2D eigenvalue weighted by atomic mass is 9.87. The number of non-ortho nitro benzene ring substituents is 1. The maximum atomic E-state index is 11.8. The molecule has 1 aromatic rings. The third-order valence-corrected chi connectivity index (χ3v) is 2.56. The number of nitrogens with zero attached hydrogens (tertiary/aromatic N) is 1. The molecule has 1 amide bonds. The molecule has 0 spiro atoms. The van der Waals surface area contributed by atoms with Crippen molar-refractivity contribution in [3.63, 3.8) is 0 Å². The van der Waals surface area contributed by atoms with Gasteiger partial charge in [0.25, 0.3) is 11.6 Å². The van der Waals surface area contributed by atoms with Gasteiger partial charge in [-0.05, 0) is 6.07 Å². The molecule has 0 fully saturated rings. The van der Waals surface area contributed by atoms with E-state index in [0.29, 0.717) is 0 Å². The number of rotatable bonds is 4. The largest absolute Gasteiger partial charge is 0.376 e. The molecule has 0 heterocycles. The third-order valence-electron chi connectivity index (χ3n) is 2.56. The highest BCUT2D eigenvalue weighted by Gasteiger charge is 2.33. The number of benzene rings is 1. The normalized spacial score (nSPS) is 12.6. The molecule has 0 radical (unpaired) electrons. The lowest BCUT2D eigenvalue weighted by Crippen LogP contribution is -2.41. The highest BCUT2D eigenvalue weighted by molar-refractivity contribution is 6.11. The van der Waals surface area contributed by atoms with Crippen molar-refractivity contribution in [2.75, 3.05) is 5.32 Å². The number of carbonyl (C=O) groups excluding carboxylic acids is 2. The second kappa shape index (κ2) is 5.79. The first-order valence-corrected chi connectivity index (χ1v) is 5.90. The van der Waals surface area contributed by atoms with Gasteiger partial charge in [0.15, 0.2) is 11.9 Å². The highest BCUT2D eigenvalue weighted by atomic mass is 16.6. The lowest BCUT2D eigenvalue weighted by Gasteiger charge is -2.20. The number of anilines is 1. The predicted octanol–water partition coefficient (Wildman–Crippen LogP) is 1.51. The summed E-state index contributed by atoms with van der Waals surface area (Å²) in [6, 6.07) is 5.24. The number of aliphatic hydroxyl groups is 1. The number of aliphatic hydroxyl groups excluding tert-OH is 1. The molecule has 0 aliphatic heterocycles. The molecule has 1 atom stereocenters. The van der Waals surface area contributed by atoms with Gasteiger partial charge in [-0.3, -0.25) is 19.7 Å². The molecule has 0 bridgehead atoms. The SMILES string of the molecule is CC(C)(C)C(=O)C(O)C(=O)Nc1cccc([N+](=O)[O-])c1. The van der Waals surface area contributed by atoms with E-state index in [4.69, 9.17) is 0 Å². The number of hydrogen-bond acceptors (Lipinski definition) is 5. The summed E-state index contributed by atoms with van der Waals surface area (Å²) in [5.41, 5.74) is -0.913. The fourth-order valence-corrected chi connectivity index (χ4v) is 1.44. The Kier molecular flexibility index (Phi) is 4.57. The van der Waals surface area contributed by atoms with Crippen LogP contribution in [-0.4, -0.2) is 27.8 Å². The molecule has 0 aromatic heterocycles. The van der Waals surface area contributed by atoms with Crippen molar-refractivity contribution in [2.45, 2.75) is 26.9 Å². The van der Waals surface area contributed by atoms with Gasteiger partial charge in [-0.1, -0.05) is 26.8 Å². The van der Waals surface area contributed by atoms with Crippen molar-refractivity contribution in [3.8, 4) is 0 Å². The number of Topliss-reactive ketones (excluding diaryl/α,β-unsaturated/α-hetero) is 1. The minimum Gasteiger partial charge on any atom is -0.376 e. The van der Waals surface area contributed by atoms with Crippen LogP contribution in [0.4, 0.5) is 11.4 Å². The summed E-state index contributed by atoms with van der Waals surface area (Å²) < 4.78 is 0. The van der Waals surface area contributed by atoms with Crippen molar-refractivity contribution in [3.05, 3.63) is 34.4 Å². The predicted molar refractivity (Wildman–Crippen MR) is 72.2 cm³/mol. The van der Waals surface area contributed by atoms with Crippen LogP contribution in [0.5, 0.6) is 0 Å². The molecule has 0 aliphatic rings. The Morgan fingerprint density at radius 3 is 2.45 bits per heavy atom. The van der Waals surface area contributed by atoms with Crippen LogP contribution in [0.25, 0.3) is 0 Å². The molecule has 0 aliphatic carbocycles. The minimum absolute atomic E-state index is 0.143. The van der Waals surface area contributed by atoms with Crippen LogP contribution in [0.15, 0.2) is 24.3 Å². The zero-order valence-corrected chi connectivity index (χ0v) is 11.4. The monoisotopic (exact) mass is 280 g/mol. The standard InChI is InChI=1S/C13H16N2O5/c1-13(2,3)11(17)10(16)12(18)14-8-5-4-6-9(7-8)15(19)20/h4-7,10,16H,1-3H3,(H,14,18). The van der Waals surface area contributed by atoms with E-state index in [1.165, 1.54) is 18.2 Å². The van der Waals surface area contributed by atoms with E-state index < -0.39 is 28.1 Å². The molecule has 1 rings (SSSR count). The number of ketones is 1. The number of hydrogen-bond donors (Lipinski definition) is 2. The second-order valence-electron chi connectivity index (χ2n) is 5.31. The van der Waals surface area contributed by atoms with Crippen molar-refractivity contribution >= 4 is 23.1 Å². The summed E-state index contributed by atoms with van der Waals surface area (Å²) in [6.45, 7) is 4.75. The van der Waals surface area contributed by atoms with Crippen LogP contribution in [-0.2, 0) is 9.59 Å². The quantitative estimate of drug-likeness (QED) is 0.493. The van der Waals surface area contributed by atoms with Gasteiger partial charge in [-0.15, -0.1) is 0 Å². The van der Waals surface area contributed by atoms with Crippen LogP contribution >= 0.6 is 0 Å². The highest BCUT2D eigenvalue weighted by Crippen LogP contribution is 2.20. The van der Waals surface area contributed by atoms with Crippen LogP contribution in [0.2, 0.25) is 0 Å². The molecule has 1 unspecified atom stereocenters. The minimum atomic E-state index is -1.81. The Morgan fingerprint density at radius 1 is 1.35 bits per heavy atom. The molecule has 20 heavy (non-hydrogen) atoms. The number of nitro benzene ring substituents is 1. The second-order valence-corrected chi connectivity index (χ2v) is 5.31. The Labute approximate surface area is 115 Å². The average molecular weight is 280 g/mol. The smallest absolute Gasteiger partial charge is 0.271 e. The van der Waals surface area contributed by atoms with Crippen LogP contribution in [0.1, 0.15) is 20.8 Å². The van der Waals surface area contributed by atoms with E-state index in [-0.39, 0.29) is 11.4 Å². The summed E-state index contributed by atoms with van der Waals surface area (Å²) in [7, 11) is 0. The van der Waals surface area contributed by atoms with Crippen molar-refractivity contribution in [1.82, 2.24) is 0 Å². The summed E-state index contributed by atoms with van der Waals surface area (Å²) >= 11 is 0. The maximum absolute atomic E-state index is 11.8. The number of carbonyl (C=O) groups is 2. The number of amides is 1. The maximum Gasteiger partial charge on any atom is 0.271 e. The summed E-state index contributed by atoms with van der Waals surface area (Å²) in [6.07, 6.45) is -1.81. The molecule has 0 saturated carbocycles. The third kappa shape index (κ3) is 3.86. The van der Waals surface area contributed by atoms with Gasteiger partial charge in [0, 0.05) is 23.2 Å². The van der Waals surface area contributed by atoms with E-state index in [0.717, 1.165) is 6.07 Å². The van der Waals surface area contributed by atoms with Gasteiger partial charge in [-0.25, -0.2) is 0 Å². The van der Waals surface area contributed by atoms with E-state index in [9.17, 15) is 24.8 Å². The first kappa shape index (κ1) is 15.8. The summed E-state index contributed by atoms with van der Waals surface area (Å²) in [5.74, 6) is -1.54. The topological polar surface area (TPSA) is 110 Å². The zero-order chi connectivity index (χ0) is 15.5. The summed E-state index contributed by atoms with van der Waals surface area (Å²) in [4.78, 5) is 33.5. The first-order chi connectivity index (χ1) is 9.12. The van der Waals surface area contributed by atoms with Gasteiger partial charge >= 0.3 is 0 Å². The van der Waals surface area contributed by atoms with E-state index in [1.54, 1.807) is 20.8 Å². The lowest BCUT2D eigenvalue weighted by molar-refractivity contribution is -0.384. The Hall–Kier alpha value is -2.28. The first-order valence-electron chi connectivity index (χ1n) is 5.90. The molecule has 7 nitrogen and oxygen atoms in total. The molecule has 2 N–H and O–H groups in total.